The minimum absolute atomic E-state index is 0.179. The van der Waals surface area contributed by atoms with Crippen LogP contribution in [0.15, 0.2) is 53.5 Å². The average molecular weight is 284 g/mol. The van der Waals surface area contributed by atoms with Gasteiger partial charge in [-0.2, -0.15) is 0 Å². The third-order valence-corrected chi connectivity index (χ3v) is 4.52. The summed E-state index contributed by atoms with van der Waals surface area (Å²) < 4.78 is 0. The summed E-state index contributed by atoms with van der Waals surface area (Å²) in [6, 6.07) is 16.0. The van der Waals surface area contributed by atoms with Gasteiger partial charge in [-0.1, -0.05) is 36.4 Å². The molecule has 1 unspecified atom stereocenters. The van der Waals surface area contributed by atoms with Gasteiger partial charge in [0.2, 0.25) is 0 Å². The molecule has 2 heterocycles. The summed E-state index contributed by atoms with van der Waals surface area (Å²) >= 11 is 0. The number of carbonyl (C=O) groups excluding carboxylic acids is 1. The molecule has 0 spiro atoms. The van der Waals surface area contributed by atoms with E-state index in [2.05, 4.69) is 23.2 Å². The van der Waals surface area contributed by atoms with Gasteiger partial charge in [0.05, 0.1) is 5.36 Å². The molecule has 1 atom stereocenters. The van der Waals surface area contributed by atoms with Gasteiger partial charge in [0.25, 0.3) is 0 Å². The SMILES string of the molecule is O=CC1=c2c([nH]c3ccccc23)=CC2=c3ccccc3=NC21. The highest BCUT2D eigenvalue weighted by Gasteiger charge is 2.26. The first-order valence-electron chi connectivity index (χ1n) is 7.32. The van der Waals surface area contributed by atoms with Crippen LogP contribution in [-0.2, 0) is 4.79 Å². The number of aromatic nitrogens is 1. The van der Waals surface area contributed by atoms with E-state index in [-0.39, 0.29) is 6.04 Å². The zero-order valence-electron chi connectivity index (χ0n) is 11.7. The molecule has 3 heteroatoms. The maximum atomic E-state index is 11.8. The van der Waals surface area contributed by atoms with Crippen molar-refractivity contribution in [3.8, 4) is 0 Å². The molecule has 3 nitrogen and oxygen atoms in total. The van der Waals surface area contributed by atoms with Gasteiger partial charge in [0, 0.05) is 32.3 Å². The van der Waals surface area contributed by atoms with Gasteiger partial charge in [-0.25, -0.2) is 0 Å². The number of hydrogen-bond donors (Lipinski definition) is 1. The van der Waals surface area contributed by atoms with Gasteiger partial charge in [-0.15, -0.1) is 0 Å². The number of hydrogen-bond acceptors (Lipinski definition) is 2. The number of benzene rings is 2. The zero-order valence-corrected chi connectivity index (χ0v) is 11.7. The van der Waals surface area contributed by atoms with E-state index < -0.39 is 0 Å². The van der Waals surface area contributed by atoms with Gasteiger partial charge in [0.15, 0.2) is 0 Å². The molecular formula is C19H12N2O. The van der Waals surface area contributed by atoms with E-state index in [4.69, 9.17) is 4.99 Å². The quantitative estimate of drug-likeness (QED) is 0.636. The minimum atomic E-state index is -0.179. The lowest BCUT2D eigenvalue weighted by atomic mass is 9.93. The second kappa shape index (κ2) is 4.04. The second-order valence-electron chi connectivity index (χ2n) is 5.68. The third kappa shape index (κ3) is 1.35. The molecule has 2 aliphatic rings. The molecule has 5 rings (SSSR count). The summed E-state index contributed by atoms with van der Waals surface area (Å²) in [5.41, 5.74) is 2.91. The number of H-pyrrole nitrogens is 1. The van der Waals surface area contributed by atoms with Crippen LogP contribution in [0.2, 0.25) is 0 Å². The lowest BCUT2D eigenvalue weighted by Crippen LogP contribution is -2.35. The summed E-state index contributed by atoms with van der Waals surface area (Å²) in [5.74, 6) is 0. The highest BCUT2D eigenvalue weighted by molar-refractivity contribution is 6.11. The lowest BCUT2D eigenvalue weighted by molar-refractivity contribution is -0.103. The third-order valence-electron chi connectivity index (χ3n) is 4.52. The number of fused-ring (bicyclic) bond motifs is 5. The van der Waals surface area contributed by atoms with E-state index in [9.17, 15) is 4.79 Å². The minimum Gasteiger partial charge on any atom is -0.354 e. The van der Waals surface area contributed by atoms with Crippen LogP contribution < -0.4 is 21.1 Å². The van der Waals surface area contributed by atoms with Crippen LogP contribution in [0.25, 0.3) is 28.1 Å². The molecular weight excluding hydrogens is 272 g/mol. The van der Waals surface area contributed by atoms with Crippen LogP contribution >= 0.6 is 0 Å². The molecule has 0 fully saturated rings. The van der Waals surface area contributed by atoms with E-state index >= 15 is 0 Å². The zero-order chi connectivity index (χ0) is 14.7. The molecule has 0 saturated carbocycles. The van der Waals surface area contributed by atoms with Crippen LogP contribution in [0.5, 0.6) is 0 Å². The molecule has 0 radical (unpaired) electrons. The van der Waals surface area contributed by atoms with Crippen LogP contribution in [0, 0.1) is 0 Å². The predicted molar refractivity (Wildman–Crippen MR) is 85.9 cm³/mol. The smallest absolute Gasteiger partial charge is 0.149 e. The summed E-state index contributed by atoms with van der Waals surface area (Å²) in [6.45, 7) is 0. The van der Waals surface area contributed by atoms with Gasteiger partial charge in [-0.3, -0.25) is 9.79 Å². The number of nitrogens with zero attached hydrogens (tertiary/aromatic N) is 1. The van der Waals surface area contributed by atoms with Crippen LogP contribution in [0.1, 0.15) is 0 Å². The van der Waals surface area contributed by atoms with Crippen LogP contribution in [-0.4, -0.2) is 17.3 Å². The predicted octanol–water partition coefficient (Wildman–Crippen LogP) is 0.164. The first-order valence-corrected chi connectivity index (χ1v) is 7.32. The molecule has 3 aromatic rings. The van der Waals surface area contributed by atoms with Crippen molar-refractivity contribution in [1.82, 2.24) is 4.98 Å². The Morgan fingerprint density at radius 1 is 1.05 bits per heavy atom. The number of para-hydroxylation sites is 2. The topological polar surface area (TPSA) is 45.2 Å². The van der Waals surface area contributed by atoms with Crippen molar-refractivity contribution in [3.05, 3.63) is 69.7 Å². The van der Waals surface area contributed by atoms with E-state index in [0.717, 1.165) is 49.5 Å². The molecule has 2 aromatic carbocycles. The standard InChI is InChI=1S/C19H12N2O/c22-10-14-18-12-6-2-4-8-16(12)20-17(18)9-13-11-5-1-3-7-15(11)21-19(13)14/h1-10,19-20H. The monoisotopic (exact) mass is 284 g/mol. The van der Waals surface area contributed by atoms with Crippen molar-refractivity contribution >= 4 is 34.4 Å². The van der Waals surface area contributed by atoms with E-state index in [0.29, 0.717) is 0 Å². The Balaban J connectivity index is 2.04. The second-order valence-corrected chi connectivity index (χ2v) is 5.68. The van der Waals surface area contributed by atoms with E-state index in [1.807, 2.05) is 36.4 Å². The molecule has 0 bridgehead atoms. The molecule has 0 amide bonds. The summed E-state index contributed by atoms with van der Waals surface area (Å²) in [5, 5.41) is 5.17. The maximum Gasteiger partial charge on any atom is 0.149 e. The Bertz CT molecular complexity index is 1200. The Morgan fingerprint density at radius 2 is 1.86 bits per heavy atom. The number of carbonyl (C=O) groups is 1. The number of aldehydes is 1. The summed E-state index contributed by atoms with van der Waals surface area (Å²) in [4.78, 5) is 20.0. The fourth-order valence-corrected chi connectivity index (χ4v) is 3.58. The fraction of sp³-hybridized carbons (Fsp3) is 0.0526. The van der Waals surface area contributed by atoms with Gasteiger partial charge in [-0.05, 0) is 23.8 Å². The Hall–Kier alpha value is -2.94. The highest BCUT2D eigenvalue weighted by Crippen LogP contribution is 2.21. The van der Waals surface area contributed by atoms with Crippen molar-refractivity contribution < 1.29 is 4.79 Å². The number of rotatable bonds is 1. The summed E-state index contributed by atoms with van der Waals surface area (Å²) in [6.07, 6.45) is 3.11. The van der Waals surface area contributed by atoms with E-state index in [1.54, 1.807) is 0 Å². The number of nitrogens with one attached hydrogen (secondary N) is 1. The molecule has 1 aliphatic heterocycles. The van der Waals surface area contributed by atoms with Crippen molar-refractivity contribution in [1.29, 1.82) is 0 Å². The molecule has 1 N–H and O–H groups in total. The van der Waals surface area contributed by atoms with Crippen molar-refractivity contribution in [3.63, 3.8) is 0 Å². The molecule has 22 heavy (non-hydrogen) atoms. The lowest BCUT2D eigenvalue weighted by Gasteiger charge is -2.13. The van der Waals surface area contributed by atoms with Gasteiger partial charge >= 0.3 is 0 Å². The van der Waals surface area contributed by atoms with Crippen molar-refractivity contribution in [2.45, 2.75) is 6.04 Å². The molecule has 1 aromatic heterocycles. The van der Waals surface area contributed by atoms with Crippen LogP contribution in [0.3, 0.4) is 0 Å². The largest absolute Gasteiger partial charge is 0.354 e. The normalized spacial score (nSPS) is 18.3. The van der Waals surface area contributed by atoms with Gasteiger partial charge < -0.3 is 4.98 Å². The summed E-state index contributed by atoms with van der Waals surface area (Å²) in [7, 11) is 0. The first-order chi connectivity index (χ1) is 10.9. The van der Waals surface area contributed by atoms with Crippen LogP contribution in [0.4, 0.5) is 0 Å². The van der Waals surface area contributed by atoms with E-state index in [1.165, 1.54) is 0 Å². The Labute approximate surface area is 125 Å². The maximum absolute atomic E-state index is 11.8. The molecule has 104 valence electrons. The molecule has 1 aliphatic carbocycles. The Kier molecular flexibility index (Phi) is 2.15. The Morgan fingerprint density at radius 3 is 2.77 bits per heavy atom. The highest BCUT2D eigenvalue weighted by atomic mass is 16.1. The molecule has 0 saturated heterocycles. The fourth-order valence-electron chi connectivity index (χ4n) is 3.58. The van der Waals surface area contributed by atoms with Crippen molar-refractivity contribution in [2.24, 2.45) is 4.99 Å². The number of aromatic amines is 1. The first kappa shape index (κ1) is 11.7. The van der Waals surface area contributed by atoms with Gasteiger partial charge in [0.1, 0.15) is 12.3 Å². The average Bonchev–Trinajstić information content (AvgIpc) is 3.11. The van der Waals surface area contributed by atoms with Crippen molar-refractivity contribution in [2.75, 3.05) is 0 Å².